The maximum absolute atomic E-state index is 2.65. The molecule has 0 saturated heterocycles. The van der Waals surface area contributed by atoms with E-state index in [0.717, 1.165) is 296 Å². The van der Waals surface area contributed by atoms with Crippen LogP contribution in [0.5, 0.6) is 0 Å². The second-order valence-corrected chi connectivity index (χ2v) is 56.1. The minimum Gasteiger partial charge on any atom is -0.0776 e. The summed E-state index contributed by atoms with van der Waals surface area (Å²) in [5.41, 5.74) is 0. The minimum absolute atomic E-state index is 0. The summed E-state index contributed by atoms with van der Waals surface area (Å²) < 4.78 is 0. The molecule has 832 valence electrons. The largest absolute Gasteiger partial charge is 0.0776 e. The van der Waals surface area contributed by atoms with Crippen LogP contribution in [0.3, 0.4) is 0 Å². The fourth-order valence-electron chi connectivity index (χ4n) is 42.1. The van der Waals surface area contributed by atoms with Gasteiger partial charge in [0, 0.05) is 0 Å². The zero-order chi connectivity index (χ0) is 97.1. The first-order valence-corrected chi connectivity index (χ1v) is 64.5. The molecular formula is C140H272. The molecule has 0 heteroatoms. The standard InChI is InChI=1S/2C25H44.3C23H40.5C3H8.6CH4/c1-16-18(3)24(22-13-9-5-7-11-20(16)22)15-25-19(4)17(2)21-12-8-6-10-14-23(21)25;1-16-20-11-7-5-8-12-21(20)17(2)24(16)15-25-18(3)22-13-9-6-10-14-23(22)19(25)4;1-14-16(3)22(20-11-7-5-9-18(14)20)13-23-17(4)15(2)19-10-6-8-12-21(19)23;1-14-15(2)23(21-12-8-7-9-18(14)21)13-22-16(3)19-10-5-6-11-20(19)17(22)4;1-14-18-9-5-6-10-19(18)15(2)22(14)13-23-16(3)20-11-7-8-12-21(20)17(23)4;5*1-3-2;;;;;;/h2*16-25H,5-15H2,1-4H3;3*14-23H,5-13H2,1-4H3;5*3H2,1-2H3;6*1H4. The lowest BCUT2D eigenvalue weighted by molar-refractivity contribution is 0.140. The van der Waals surface area contributed by atoms with E-state index in [1.165, 1.54) is 186 Å². The van der Waals surface area contributed by atoms with Gasteiger partial charge in [0.2, 0.25) is 0 Å². The number of fused-ring (bicyclic) bond motifs is 10. The van der Waals surface area contributed by atoms with Crippen molar-refractivity contribution in [3.63, 3.8) is 0 Å². The van der Waals surface area contributed by atoms with Crippen LogP contribution in [0.25, 0.3) is 0 Å². The average molecular weight is 1960 g/mol. The highest BCUT2D eigenvalue weighted by Gasteiger charge is 2.59. The second-order valence-electron chi connectivity index (χ2n) is 56.1. The molecule has 20 saturated carbocycles. The summed E-state index contributed by atoms with van der Waals surface area (Å²) in [5, 5.41) is 0. The van der Waals surface area contributed by atoms with Crippen molar-refractivity contribution in [2.75, 3.05) is 0 Å². The van der Waals surface area contributed by atoms with Gasteiger partial charge in [0.25, 0.3) is 0 Å². The third-order valence-electron chi connectivity index (χ3n) is 49.6. The van der Waals surface area contributed by atoms with Crippen molar-refractivity contribution in [2.45, 2.75) is 599 Å². The van der Waals surface area contributed by atoms with Crippen molar-refractivity contribution in [1.82, 2.24) is 0 Å². The molecule has 0 radical (unpaired) electrons. The Morgan fingerprint density at radius 1 is 0.100 bits per heavy atom. The van der Waals surface area contributed by atoms with Gasteiger partial charge in [-0.05, 0) is 456 Å². The topological polar surface area (TPSA) is 0 Å². The first-order valence-electron chi connectivity index (χ1n) is 64.5. The van der Waals surface area contributed by atoms with Crippen molar-refractivity contribution in [3.8, 4) is 0 Å². The van der Waals surface area contributed by atoms with Gasteiger partial charge in [0.15, 0.2) is 0 Å². The van der Waals surface area contributed by atoms with Crippen LogP contribution in [0.1, 0.15) is 599 Å². The second kappa shape index (κ2) is 63.6. The predicted molar refractivity (Wildman–Crippen MR) is 634 cm³/mol. The zero-order valence-electron chi connectivity index (χ0n) is 97.1. The van der Waals surface area contributed by atoms with Crippen LogP contribution in [0.2, 0.25) is 0 Å². The summed E-state index contributed by atoms with van der Waals surface area (Å²) >= 11 is 0. The van der Waals surface area contributed by atoms with Crippen LogP contribution in [-0.2, 0) is 0 Å². The monoisotopic (exact) mass is 1950 g/mol. The number of hydrogen-bond donors (Lipinski definition) is 0. The summed E-state index contributed by atoms with van der Waals surface area (Å²) in [5.74, 6) is 52.1. The summed E-state index contributed by atoms with van der Waals surface area (Å²) in [6.45, 7) is 73.8. The average Bonchev–Trinajstić information content (AvgIpc) is 1.65. The van der Waals surface area contributed by atoms with Gasteiger partial charge in [0.05, 0.1) is 0 Å². The van der Waals surface area contributed by atoms with Gasteiger partial charge in [-0.25, -0.2) is 0 Å². The molecule has 0 spiro atoms. The van der Waals surface area contributed by atoms with Crippen molar-refractivity contribution >= 4 is 0 Å². The van der Waals surface area contributed by atoms with E-state index in [0.29, 0.717) is 0 Å². The highest BCUT2D eigenvalue weighted by molar-refractivity contribution is 5.08. The molecule has 20 rings (SSSR count). The summed E-state index contributed by atoms with van der Waals surface area (Å²) in [4.78, 5) is 0. The normalized spacial score (nSPS) is 47.6. The molecule has 20 aliphatic carbocycles. The Bertz CT molecular complexity index is 2870. The van der Waals surface area contributed by atoms with E-state index >= 15 is 0 Å². The first kappa shape index (κ1) is 130. The van der Waals surface area contributed by atoms with Gasteiger partial charge < -0.3 is 0 Å². The molecular weight excluding hydrogens is 1680 g/mol. The van der Waals surface area contributed by atoms with E-state index in [1.54, 1.807) is 161 Å². The molecule has 20 aliphatic rings. The lowest BCUT2D eigenvalue weighted by atomic mass is 9.70. The fraction of sp³-hybridized carbons (Fsp3) is 1.00. The summed E-state index contributed by atoms with van der Waals surface area (Å²) in [6, 6.07) is 0. The molecule has 0 N–H and O–H groups in total. The van der Waals surface area contributed by atoms with Gasteiger partial charge in [-0.2, -0.15) is 0 Å². The Morgan fingerprint density at radius 3 is 0.293 bits per heavy atom. The van der Waals surface area contributed by atoms with Crippen molar-refractivity contribution in [2.24, 2.45) is 296 Å². The Morgan fingerprint density at radius 2 is 0.179 bits per heavy atom. The van der Waals surface area contributed by atoms with Crippen LogP contribution < -0.4 is 0 Å². The van der Waals surface area contributed by atoms with Crippen molar-refractivity contribution < 1.29 is 0 Å². The molecule has 0 aromatic carbocycles. The maximum atomic E-state index is 2.65. The lowest BCUT2D eigenvalue weighted by Gasteiger charge is -2.36. The van der Waals surface area contributed by atoms with Gasteiger partial charge in [-0.3, -0.25) is 0 Å². The molecule has 0 nitrogen and oxygen atoms in total. The van der Waals surface area contributed by atoms with E-state index < -0.39 is 0 Å². The van der Waals surface area contributed by atoms with Crippen LogP contribution in [0, 0.1) is 296 Å². The zero-order valence-corrected chi connectivity index (χ0v) is 97.1. The molecule has 0 amide bonds. The van der Waals surface area contributed by atoms with Crippen LogP contribution in [0.4, 0.5) is 0 Å². The van der Waals surface area contributed by atoms with Crippen molar-refractivity contribution in [3.05, 3.63) is 0 Å². The van der Waals surface area contributed by atoms with Gasteiger partial charge in [-0.15, -0.1) is 0 Å². The highest BCUT2D eigenvalue weighted by atomic mass is 14.6. The third-order valence-corrected chi connectivity index (χ3v) is 49.6. The Labute approximate surface area is 888 Å². The SMILES string of the molecule is C.C.C.C.C.C.CC1C(C)C(CC2C(C)C(C)C3CCCCC32)C2CCCCC12.CC1C(C)C(CC2C(C)C(C)C3CCCCCC32)C2CCCCCC12.CC1C(CC2C(C)C(C)C3CCCCC32)C(C)C2CCCCC12.CC1C(CC2C(C)C3CCCCC3C2C)C(C)C2CCCCC12.CC1C(CC2C(C)C3CCCCCC3C2C)C(C)C2CCCCCC12.CCC.CCC.CCC.CCC.CCC. The summed E-state index contributed by atoms with van der Waals surface area (Å²) in [6.07, 6.45) is 81.7. The van der Waals surface area contributed by atoms with Crippen LogP contribution in [0.15, 0.2) is 0 Å². The molecule has 0 bridgehead atoms. The molecule has 45 unspecified atom stereocenters. The molecule has 45 atom stereocenters. The molecule has 0 aromatic heterocycles. The van der Waals surface area contributed by atoms with Gasteiger partial charge in [-0.1, -0.05) is 438 Å². The smallest absolute Gasteiger partial charge is 0.0352 e. The Kier molecular flexibility index (Phi) is 59.3. The molecule has 0 heterocycles. The summed E-state index contributed by atoms with van der Waals surface area (Å²) in [7, 11) is 0. The number of hydrogen-bond acceptors (Lipinski definition) is 0. The highest BCUT2D eigenvalue weighted by Crippen LogP contribution is 2.67. The van der Waals surface area contributed by atoms with E-state index in [1.807, 2.05) is 0 Å². The quantitative estimate of drug-likeness (QED) is 0.205. The van der Waals surface area contributed by atoms with Gasteiger partial charge >= 0.3 is 0 Å². The van der Waals surface area contributed by atoms with Crippen LogP contribution >= 0.6 is 0 Å². The molecule has 140 heavy (non-hydrogen) atoms. The van der Waals surface area contributed by atoms with Gasteiger partial charge in [0.1, 0.15) is 0 Å². The predicted octanol–water partition coefficient (Wildman–Crippen LogP) is 46.4. The maximum Gasteiger partial charge on any atom is -0.0352 e. The molecule has 20 fully saturated rings. The minimum atomic E-state index is 0. The van der Waals surface area contributed by atoms with E-state index in [4.69, 9.17) is 0 Å². The first-order chi connectivity index (χ1) is 64.5. The fourth-order valence-corrected chi connectivity index (χ4v) is 42.1. The van der Waals surface area contributed by atoms with Crippen molar-refractivity contribution in [1.29, 1.82) is 0 Å². The Balaban J connectivity index is 0.000000294. The molecule has 0 aliphatic heterocycles. The van der Waals surface area contributed by atoms with Crippen LogP contribution in [-0.4, -0.2) is 0 Å². The van der Waals surface area contributed by atoms with E-state index in [2.05, 4.69) is 208 Å². The number of rotatable bonds is 10. The third kappa shape index (κ3) is 30.0. The van der Waals surface area contributed by atoms with E-state index in [-0.39, 0.29) is 44.6 Å². The Hall–Kier alpha value is 0. The molecule has 0 aromatic rings. The van der Waals surface area contributed by atoms with E-state index in [9.17, 15) is 0 Å². The lowest BCUT2D eigenvalue weighted by Crippen LogP contribution is -2.27.